The Hall–Kier alpha value is -2.37. The third-order valence-corrected chi connectivity index (χ3v) is 4.04. The molecule has 1 N–H and O–H groups in total. The molecular weight excluding hydrogens is 308 g/mol. The van der Waals surface area contributed by atoms with E-state index in [4.69, 9.17) is 5.11 Å². The first-order valence-corrected chi connectivity index (χ1v) is 8.16. The number of carboxylic acids is 1. The zero-order chi connectivity index (χ0) is 17.9. The molecule has 0 aromatic heterocycles. The van der Waals surface area contributed by atoms with Gasteiger partial charge in [0.25, 0.3) is 5.91 Å². The normalized spacial score (nSPS) is 13.7. The number of carbonyl (C=O) groups excluding carboxylic acids is 2. The summed E-state index contributed by atoms with van der Waals surface area (Å²) in [4.78, 5) is 38.4. The first-order valence-electron chi connectivity index (χ1n) is 8.16. The summed E-state index contributed by atoms with van der Waals surface area (Å²) < 4.78 is 0. The highest BCUT2D eigenvalue weighted by Gasteiger charge is 2.34. The second-order valence-electron chi connectivity index (χ2n) is 6.60. The molecule has 0 heterocycles. The maximum absolute atomic E-state index is 12.5. The van der Waals surface area contributed by atoms with Crippen LogP contribution in [0.5, 0.6) is 0 Å². The zero-order valence-electron chi connectivity index (χ0n) is 14.4. The third kappa shape index (κ3) is 4.57. The molecule has 0 atom stereocenters. The van der Waals surface area contributed by atoms with Gasteiger partial charge in [-0.25, -0.2) is 0 Å². The maximum Gasteiger partial charge on any atom is 0.323 e. The highest BCUT2D eigenvalue weighted by Crippen LogP contribution is 2.28. The molecule has 0 spiro atoms. The Morgan fingerprint density at radius 3 is 2.21 bits per heavy atom. The van der Waals surface area contributed by atoms with Crippen molar-refractivity contribution >= 4 is 17.8 Å². The molecule has 0 saturated heterocycles. The summed E-state index contributed by atoms with van der Waals surface area (Å²) in [6, 6.07) is 7.06. The van der Waals surface area contributed by atoms with Crippen LogP contribution in [0.15, 0.2) is 24.3 Å². The minimum atomic E-state index is -0.999. The van der Waals surface area contributed by atoms with Crippen molar-refractivity contribution in [3.8, 4) is 0 Å². The number of amides is 2. The standard InChI is InChI=1S/C18H24N2O4/c1-12(2)17(23)19(3)10-13-4-6-14(7-5-13)18(24)20(11-16(21)22)15-8-9-15/h4-7,12,15H,8-11H2,1-3H3,(H,21,22). The average Bonchev–Trinajstić information content (AvgIpc) is 3.36. The van der Waals surface area contributed by atoms with Gasteiger partial charge >= 0.3 is 5.97 Å². The third-order valence-electron chi connectivity index (χ3n) is 4.04. The Morgan fingerprint density at radius 1 is 1.17 bits per heavy atom. The van der Waals surface area contributed by atoms with Crippen LogP contribution in [0.1, 0.15) is 42.6 Å². The van der Waals surface area contributed by atoms with Crippen molar-refractivity contribution in [3.63, 3.8) is 0 Å². The van der Waals surface area contributed by atoms with Crippen LogP contribution in [0.25, 0.3) is 0 Å². The van der Waals surface area contributed by atoms with Crippen LogP contribution in [-0.4, -0.2) is 52.3 Å². The van der Waals surface area contributed by atoms with Gasteiger partial charge in [0.05, 0.1) is 0 Å². The molecule has 1 aliphatic carbocycles. The van der Waals surface area contributed by atoms with Crippen molar-refractivity contribution in [2.24, 2.45) is 5.92 Å². The van der Waals surface area contributed by atoms with Crippen molar-refractivity contribution in [1.82, 2.24) is 9.80 Å². The second kappa shape index (κ2) is 7.47. The Bertz CT molecular complexity index is 620. The van der Waals surface area contributed by atoms with Gasteiger partial charge in [0.2, 0.25) is 5.91 Å². The number of rotatable bonds is 7. The van der Waals surface area contributed by atoms with Crippen molar-refractivity contribution in [1.29, 1.82) is 0 Å². The van der Waals surface area contributed by atoms with Gasteiger partial charge in [0.1, 0.15) is 6.54 Å². The van der Waals surface area contributed by atoms with E-state index in [1.807, 2.05) is 26.0 Å². The Kier molecular flexibility index (Phi) is 5.59. The smallest absolute Gasteiger partial charge is 0.323 e. The van der Waals surface area contributed by atoms with E-state index >= 15 is 0 Å². The topological polar surface area (TPSA) is 77.9 Å². The number of carbonyl (C=O) groups is 3. The molecular formula is C18H24N2O4. The molecule has 1 saturated carbocycles. The fraction of sp³-hybridized carbons (Fsp3) is 0.500. The Morgan fingerprint density at radius 2 is 1.75 bits per heavy atom. The summed E-state index contributed by atoms with van der Waals surface area (Å²) in [5, 5.41) is 8.97. The first-order chi connectivity index (χ1) is 11.3. The van der Waals surface area contributed by atoms with Gasteiger partial charge in [0.15, 0.2) is 0 Å². The van der Waals surface area contributed by atoms with Crippen LogP contribution in [0.4, 0.5) is 0 Å². The average molecular weight is 332 g/mol. The molecule has 130 valence electrons. The van der Waals surface area contributed by atoms with Crippen molar-refractivity contribution in [2.45, 2.75) is 39.3 Å². The summed E-state index contributed by atoms with van der Waals surface area (Å²) in [7, 11) is 1.75. The van der Waals surface area contributed by atoms with Crippen LogP contribution in [-0.2, 0) is 16.1 Å². The van der Waals surface area contributed by atoms with E-state index < -0.39 is 5.97 Å². The van der Waals surface area contributed by atoms with Crippen LogP contribution in [0.3, 0.4) is 0 Å². The van der Waals surface area contributed by atoms with Gasteiger partial charge in [-0.15, -0.1) is 0 Å². The number of hydrogen-bond acceptors (Lipinski definition) is 3. The molecule has 1 fully saturated rings. The molecule has 2 rings (SSSR count). The highest BCUT2D eigenvalue weighted by molar-refractivity contribution is 5.96. The highest BCUT2D eigenvalue weighted by atomic mass is 16.4. The monoisotopic (exact) mass is 332 g/mol. The predicted octanol–water partition coefficient (Wildman–Crippen LogP) is 1.99. The molecule has 2 amide bonds. The number of hydrogen-bond donors (Lipinski definition) is 1. The van der Waals surface area contributed by atoms with Crippen molar-refractivity contribution in [3.05, 3.63) is 35.4 Å². The second-order valence-corrected chi connectivity index (χ2v) is 6.60. The Balaban J connectivity index is 2.04. The largest absolute Gasteiger partial charge is 0.480 e. The molecule has 0 aliphatic heterocycles. The number of carboxylic acid groups (broad SMARTS) is 1. The van der Waals surface area contributed by atoms with Gasteiger partial charge in [0, 0.05) is 31.1 Å². The van der Waals surface area contributed by atoms with Crippen LogP contribution < -0.4 is 0 Å². The lowest BCUT2D eigenvalue weighted by atomic mass is 10.1. The van der Waals surface area contributed by atoms with Gasteiger partial charge in [-0.2, -0.15) is 0 Å². The molecule has 1 aliphatic rings. The van der Waals surface area contributed by atoms with E-state index in [-0.39, 0.29) is 30.3 Å². The lowest BCUT2D eigenvalue weighted by Crippen LogP contribution is -2.37. The summed E-state index contributed by atoms with van der Waals surface area (Å²) in [6.45, 7) is 3.93. The minimum absolute atomic E-state index is 0.0445. The molecule has 24 heavy (non-hydrogen) atoms. The first kappa shape index (κ1) is 18.0. The van der Waals surface area contributed by atoms with Crippen molar-refractivity contribution in [2.75, 3.05) is 13.6 Å². The van der Waals surface area contributed by atoms with Gasteiger partial charge in [-0.1, -0.05) is 26.0 Å². The lowest BCUT2D eigenvalue weighted by molar-refractivity contribution is -0.138. The Labute approximate surface area is 142 Å². The summed E-state index contributed by atoms with van der Waals surface area (Å²) >= 11 is 0. The van der Waals surface area contributed by atoms with E-state index in [2.05, 4.69) is 0 Å². The molecule has 0 unspecified atom stereocenters. The molecule has 6 nitrogen and oxygen atoms in total. The van der Waals surface area contributed by atoms with Gasteiger partial charge in [-0.3, -0.25) is 14.4 Å². The van der Waals surface area contributed by atoms with Crippen molar-refractivity contribution < 1.29 is 19.5 Å². The number of nitrogens with zero attached hydrogens (tertiary/aromatic N) is 2. The fourth-order valence-electron chi connectivity index (χ4n) is 2.61. The van der Waals surface area contributed by atoms with Gasteiger partial charge < -0.3 is 14.9 Å². The predicted molar refractivity (Wildman–Crippen MR) is 89.4 cm³/mol. The molecule has 0 bridgehead atoms. The number of aliphatic carboxylic acids is 1. The van der Waals surface area contributed by atoms with Crippen LogP contribution in [0, 0.1) is 5.92 Å². The van der Waals surface area contributed by atoms with E-state index in [1.54, 1.807) is 24.1 Å². The maximum atomic E-state index is 12.5. The van der Waals surface area contributed by atoms with Crippen LogP contribution in [0.2, 0.25) is 0 Å². The van der Waals surface area contributed by atoms with Crippen LogP contribution >= 0.6 is 0 Å². The zero-order valence-corrected chi connectivity index (χ0v) is 14.4. The molecule has 6 heteroatoms. The number of benzene rings is 1. The van der Waals surface area contributed by atoms with E-state index in [9.17, 15) is 14.4 Å². The quantitative estimate of drug-likeness (QED) is 0.828. The summed E-state index contributed by atoms with van der Waals surface area (Å²) in [5.74, 6) is -1.24. The molecule has 1 aromatic carbocycles. The molecule has 0 radical (unpaired) electrons. The van der Waals surface area contributed by atoms with Gasteiger partial charge in [-0.05, 0) is 30.5 Å². The molecule has 1 aromatic rings. The fourth-order valence-corrected chi connectivity index (χ4v) is 2.61. The summed E-state index contributed by atoms with van der Waals surface area (Å²) in [5.41, 5.74) is 1.41. The lowest BCUT2D eigenvalue weighted by Gasteiger charge is -2.21. The summed E-state index contributed by atoms with van der Waals surface area (Å²) in [6.07, 6.45) is 1.72. The SMILES string of the molecule is CC(C)C(=O)N(C)Cc1ccc(C(=O)N(CC(=O)O)C2CC2)cc1. The van der Waals surface area contributed by atoms with E-state index in [0.29, 0.717) is 12.1 Å². The minimum Gasteiger partial charge on any atom is -0.480 e. The van der Waals surface area contributed by atoms with E-state index in [1.165, 1.54) is 4.90 Å². The van der Waals surface area contributed by atoms with E-state index in [0.717, 1.165) is 18.4 Å².